The maximum atomic E-state index is 13.7. The fraction of sp³-hybridized carbons (Fsp3) is 0.417. The van der Waals surface area contributed by atoms with Crippen LogP contribution in [0.2, 0.25) is 15.1 Å². The molecule has 0 saturated heterocycles. The number of nitrogens with one attached hydrogen (secondary N) is 1. The van der Waals surface area contributed by atoms with Crippen molar-refractivity contribution in [3.63, 3.8) is 0 Å². The van der Waals surface area contributed by atoms with Crippen LogP contribution in [0.1, 0.15) is 38.3 Å². The third-order valence-electron chi connectivity index (χ3n) is 5.43. The molecule has 0 fully saturated rings. The Balaban J connectivity index is 2.61. The van der Waals surface area contributed by atoms with Gasteiger partial charge < -0.3 is 10.2 Å². The van der Waals surface area contributed by atoms with Crippen LogP contribution < -0.4 is 9.62 Å². The number of benzene rings is 2. The van der Waals surface area contributed by atoms with Crippen LogP contribution in [0.5, 0.6) is 0 Å². The second-order valence-electron chi connectivity index (χ2n) is 8.74. The maximum absolute atomic E-state index is 13.7. The zero-order valence-electron chi connectivity index (χ0n) is 20.9. The minimum atomic E-state index is -4.79. The maximum Gasteiger partial charge on any atom is 0.416 e. The van der Waals surface area contributed by atoms with Gasteiger partial charge >= 0.3 is 6.18 Å². The van der Waals surface area contributed by atoms with E-state index in [4.69, 9.17) is 34.8 Å². The highest BCUT2D eigenvalue weighted by atomic mass is 35.5. The quantitative estimate of drug-likeness (QED) is 0.368. The SMILES string of the molecule is CC[C@@H](C(=O)NC(C)C)N(Cc1c(Cl)cccc1Cl)C(=O)CN(c1cc(C(F)(F)F)ccc1Cl)S(C)(=O)=O. The molecule has 210 valence electrons. The Morgan fingerprint density at radius 2 is 1.61 bits per heavy atom. The van der Waals surface area contributed by atoms with Gasteiger partial charge in [-0.2, -0.15) is 13.2 Å². The van der Waals surface area contributed by atoms with Crippen molar-refractivity contribution in [2.45, 2.75) is 52.0 Å². The van der Waals surface area contributed by atoms with Gasteiger partial charge in [0.15, 0.2) is 0 Å². The highest BCUT2D eigenvalue weighted by Gasteiger charge is 2.35. The van der Waals surface area contributed by atoms with Gasteiger partial charge in [-0.1, -0.05) is 47.8 Å². The molecule has 1 N–H and O–H groups in total. The van der Waals surface area contributed by atoms with Gasteiger partial charge in [0.25, 0.3) is 0 Å². The van der Waals surface area contributed by atoms with Crippen molar-refractivity contribution in [1.82, 2.24) is 10.2 Å². The molecule has 0 saturated carbocycles. The average Bonchev–Trinajstić information content (AvgIpc) is 2.77. The molecule has 0 spiro atoms. The van der Waals surface area contributed by atoms with Gasteiger partial charge in [-0.3, -0.25) is 13.9 Å². The van der Waals surface area contributed by atoms with Gasteiger partial charge in [0.2, 0.25) is 21.8 Å². The number of alkyl halides is 3. The van der Waals surface area contributed by atoms with E-state index in [0.29, 0.717) is 22.0 Å². The first-order valence-corrected chi connectivity index (χ1v) is 14.3. The first-order chi connectivity index (χ1) is 17.5. The molecule has 2 aromatic rings. The number of rotatable bonds is 10. The minimum absolute atomic E-state index is 0.134. The van der Waals surface area contributed by atoms with Gasteiger partial charge in [-0.25, -0.2) is 8.42 Å². The number of hydrogen-bond acceptors (Lipinski definition) is 4. The zero-order chi connectivity index (χ0) is 29.0. The summed E-state index contributed by atoms with van der Waals surface area (Å²) in [4.78, 5) is 27.8. The Morgan fingerprint density at radius 1 is 1.03 bits per heavy atom. The fourth-order valence-electron chi connectivity index (χ4n) is 3.63. The van der Waals surface area contributed by atoms with E-state index in [1.165, 1.54) is 12.1 Å². The van der Waals surface area contributed by atoms with E-state index in [2.05, 4.69) is 5.32 Å². The number of hydrogen-bond donors (Lipinski definition) is 1. The van der Waals surface area contributed by atoms with Crippen LogP contribution in [0.4, 0.5) is 18.9 Å². The number of carbonyl (C=O) groups excluding carboxylic acids is 2. The van der Waals surface area contributed by atoms with Gasteiger partial charge in [-0.05, 0) is 50.6 Å². The van der Waals surface area contributed by atoms with E-state index in [-0.39, 0.29) is 34.1 Å². The molecule has 0 radical (unpaired) electrons. The molecule has 0 aliphatic heterocycles. The van der Waals surface area contributed by atoms with Gasteiger partial charge in [0.1, 0.15) is 12.6 Å². The van der Waals surface area contributed by atoms with Crippen molar-refractivity contribution >= 4 is 62.3 Å². The van der Waals surface area contributed by atoms with Crippen molar-refractivity contribution in [1.29, 1.82) is 0 Å². The lowest BCUT2D eigenvalue weighted by atomic mass is 10.1. The molecule has 0 bridgehead atoms. The summed E-state index contributed by atoms with van der Waals surface area (Å²) in [5.74, 6) is -1.40. The van der Waals surface area contributed by atoms with E-state index >= 15 is 0 Å². The Kier molecular flexibility index (Phi) is 10.7. The number of halogens is 6. The van der Waals surface area contributed by atoms with E-state index in [1.54, 1.807) is 26.8 Å². The predicted molar refractivity (Wildman–Crippen MR) is 143 cm³/mol. The lowest BCUT2D eigenvalue weighted by Crippen LogP contribution is -2.53. The van der Waals surface area contributed by atoms with Crippen molar-refractivity contribution in [3.05, 3.63) is 62.6 Å². The topological polar surface area (TPSA) is 86.8 Å². The summed E-state index contributed by atoms with van der Waals surface area (Å²) in [5, 5.41) is 2.81. The Hall–Kier alpha value is -2.21. The Bertz CT molecular complexity index is 1270. The van der Waals surface area contributed by atoms with E-state index in [9.17, 15) is 31.2 Å². The third-order valence-corrected chi connectivity index (χ3v) is 7.58. The molecule has 2 amide bonds. The van der Waals surface area contributed by atoms with E-state index in [1.807, 2.05) is 0 Å². The molecule has 0 heterocycles. The number of amides is 2. The molecule has 2 rings (SSSR count). The van der Waals surface area contributed by atoms with Crippen molar-refractivity contribution < 1.29 is 31.2 Å². The molecular formula is C24H27Cl3F3N3O4S. The monoisotopic (exact) mass is 615 g/mol. The molecule has 38 heavy (non-hydrogen) atoms. The molecular weight excluding hydrogens is 590 g/mol. The van der Waals surface area contributed by atoms with Crippen LogP contribution in [0.25, 0.3) is 0 Å². The molecule has 7 nitrogen and oxygen atoms in total. The number of carbonyl (C=O) groups is 2. The van der Waals surface area contributed by atoms with Crippen molar-refractivity contribution in [2.75, 3.05) is 17.1 Å². The first-order valence-electron chi connectivity index (χ1n) is 11.3. The summed E-state index contributed by atoms with van der Waals surface area (Å²) in [6, 6.07) is 5.46. The van der Waals surface area contributed by atoms with Crippen molar-refractivity contribution in [3.8, 4) is 0 Å². The normalized spacial score (nSPS) is 12.8. The summed E-state index contributed by atoms with van der Waals surface area (Å²) in [6.07, 6.45) is -3.92. The lowest BCUT2D eigenvalue weighted by Gasteiger charge is -2.33. The minimum Gasteiger partial charge on any atom is -0.352 e. The predicted octanol–water partition coefficient (Wildman–Crippen LogP) is 5.76. The molecule has 2 aromatic carbocycles. The fourth-order valence-corrected chi connectivity index (χ4v) is 5.27. The molecule has 0 aliphatic rings. The van der Waals surface area contributed by atoms with Crippen molar-refractivity contribution in [2.24, 2.45) is 0 Å². The Morgan fingerprint density at radius 3 is 2.08 bits per heavy atom. The molecule has 0 aliphatic carbocycles. The van der Waals surface area contributed by atoms with Gasteiger partial charge in [-0.15, -0.1) is 0 Å². The van der Waals surface area contributed by atoms with Crippen LogP contribution in [-0.4, -0.2) is 50.0 Å². The second kappa shape index (κ2) is 12.8. The number of anilines is 1. The van der Waals surface area contributed by atoms with Gasteiger partial charge in [0, 0.05) is 28.2 Å². The molecule has 0 unspecified atom stereocenters. The van der Waals surface area contributed by atoms with Crippen LogP contribution >= 0.6 is 34.8 Å². The summed E-state index contributed by atoms with van der Waals surface area (Å²) in [5.41, 5.74) is -1.38. The largest absolute Gasteiger partial charge is 0.416 e. The second-order valence-corrected chi connectivity index (χ2v) is 11.9. The third kappa shape index (κ3) is 8.14. The standard InChI is InChI=1S/C24H27Cl3F3N3O4S/c1-5-20(23(35)31-14(2)3)32(12-16-17(25)7-6-8-18(16)26)22(34)13-33(38(4,36)37)21-11-15(24(28,29)30)9-10-19(21)27/h6-11,14,20H,5,12-13H2,1-4H3,(H,31,35)/t20-/m0/s1. The van der Waals surface area contributed by atoms with E-state index < -0.39 is 51.9 Å². The lowest BCUT2D eigenvalue weighted by molar-refractivity contribution is -0.140. The first kappa shape index (κ1) is 32.0. The summed E-state index contributed by atoms with van der Waals surface area (Å²) in [7, 11) is -4.31. The average molecular weight is 617 g/mol. The van der Waals surface area contributed by atoms with E-state index in [0.717, 1.165) is 17.2 Å². The van der Waals surface area contributed by atoms with Crippen LogP contribution in [0.3, 0.4) is 0 Å². The summed E-state index contributed by atoms with van der Waals surface area (Å²) in [6.45, 7) is 3.89. The highest BCUT2D eigenvalue weighted by molar-refractivity contribution is 7.92. The molecule has 1 atom stereocenters. The van der Waals surface area contributed by atoms with Crippen LogP contribution in [0, 0.1) is 0 Å². The number of nitrogens with zero attached hydrogens (tertiary/aromatic N) is 2. The van der Waals surface area contributed by atoms with Crippen LogP contribution in [0.15, 0.2) is 36.4 Å². The number of sulfonamides is 1. The summed E-state index contributed by atoms with van der Waals surface area (Å²) >= 11 is 18.7. The Labute approximate surface area is 234 Å². The summed E-state index contributed by atoms with van der Waals surface area (Å²) < 4.78 is 65.9. The van der Waals surface area contributed by atoms with Gasteiger partial charge in [0.05, 0.1) is 22.5 Å². The van der Waals surface area contributed by atoms with Crippen LogP contribution in [-0.2, 0) is 32.3 Å². The molecule has 14 heteroatoms. The smallest absolute Gasteiger partial charge is 0.352 e. The highest BCUT2D eigenvalue weighted by Crippen LogP contribution is 2.36. The molecule has 0 aromatic heterocycles. The zero-order valence-corrected chi connectivity index (χ0v) is 24.0.